The summed E-state index contributed by atoms with van der Waals surface area (Å²) in [7, 11) is 0. The molecule has 200 valence electrons. The number of hydrogen-bond acceptors (Lipinski definition) is 1. The van der Waals surface area contributed by atoms with Crippen LogP contribution in [0.2, 0.25) is 20.1 Å². The lowest BCUT2D eigenvalue weighted by Crippen LogP contribution is -3.00. The van der Waals surface area contributed by atoms with Gasteiger partial charge in [0.15, 0.2) is 6.04 Å². The molecule has 1 unspecified atom stereocenters. The number of ether oxygens (including phenoxy) is 1. The van der Waals surface area contributed by atoms with E-state index in [2.05, 4.69) is 21.7 Å². The number of halogens is 5. The van der Waals surface area contributed by atoms with E-state index < -0.39 is 0 Å². The van der Waals surface area contributed by atoms with E-state index in [-0.39, 0.29) is 24.6 Å². The maximum absolute atomic E-state index is 6.61. The van der Waals surface area contributed by atoms with Gasteiger partial charge >= 0.3 is 0 Å². The van der Waals surface area contributed by atoms with Crippen LogP contribution in [0.1, 0.15) is 34.4 Å². The molecule has 0 saturated carbocycles. The first kappa shape index (κ1) is 29.5. The molecule has 4 aromatic carbocycles. The molecule has 1 aromatic heterocycles. The van der Waals surface area contributed by atoms with Crippen molar-refractivity contribution in [2.24, 2.45) is 0 Å². The Labute approximate surface area is 254 Å². The smallest absolute Gasteiger partial charge is 0.244 e. The monoisotopic (exact) mass is 616 g/mol. The Balaban J connectivity index is 0.00000353. The SMILES string of the molecule is Clc1ccc(C(c2ccc(Cl)cc2)n2cc[n+](CC(OCc3ccccc3)c3ccc(Cl)cc3Cl)c2)cc1.[Cl-]. The first-order valence-electron chi connectivity index (χ1n) is 12.1. The molecule has 5 rings (SSSR count). The molecule has 0 fully saturated rings. The summed E-state index contributed by atoms with van der Waals surface area (Å²) in [5.41, 5.74) is 4.20. The van der Waals surface area contributed by atoms with Crippen LogP contribution in [0.4, 0.5) is 0 Å². The fourth-order valence-electron chi connectivity index (χ4n) is 4.46. The van der Waals surface area contributed by atoms with E-state index >= 15 is 0 Å². The standard InChI is InChI=1S/C31H25Cl4N2O.ClH/c32-25-10-6-23(7-11-25)31(24-8-12-26(33)13-9-24)37-17-16-36(21-37)19-30(28-15-14-27(34)18-29(28)35)38-20-22-4-2-1-3-5-22;/h1-18,21,30-31H,19-20H2;1H/q+1;/p-1. The van der Waals surface area contributed by atoms with Crippen LogP contribution in [0.15, 0.2) is 116 Å². The van der Waals surface area contributed by atoms with Gasteiger partial charge in [-0.3, -0.25) is 0 Å². The zero-order valence-corrected chi connectivity index (χ0v) is 24.5. The van der Waals surface area contributed by atoms with Crippen LogP contribution < -0.4 is 17.0 Å². The summed E-state index contributed by atoms with van der Waals surface area (Å²) in [6, 6.07) is 31.4. The number of benzene rings is 4. The highest BCUT2D eigenvalue weighted by Gasteiger charge is 2.24. The van der Waals surface area contributed by atoms with E-state index in [0.29, 0.717) is 33.2 Å². The van der Waals surface area contributed by atoms with Crippen LogP contribution >= 0.6 is 46.4 Å². The first-order chi connectivity index (χ1) is 18.5. The van der Waals surface area contributed by atoms with Crippen LogP contribution in [-0.4, -0.2) is 4.57 Å². The molecule has 1 heterocycles. The molecule has 0 aliphatic heterocycles. The fraction of sp³-hybridized carbons (Fsp3) is 0.129. The largest absolute Gasteiger partial charge is 1.00 e. The van der Waals surface area contributed by atoms with Crippen LogP contribution in [0.3, 0.4) is 0 Å². The molecule has 0 N–H and O–H groups in total. The highest BCUT2D eigenvalue weighted by molar-refractivity contribution is 6.35. The molecule has 8 heteroatoms. The summed E-state index contributed by atoms with van der Waals surface area (Å²) >= 11 is 25.2. The lowest BCUT2D eigenvalue weighted by Gasteiger charge is -2.19. The maximum Gasteiger partial charge on any atom is 0.244 e. The Kier molecular flexibility index (Phi) is 10.4. The Bertz CT molecular complexity index is 1440. The van der Waals surface area contributed by atoms with Gasteiger partial charge in [0.25, 0.3) is 0 Å². The molecule has 0 amide bonds. The molecule has 0 aliphatic carbocycles. The normalized spacial score (nSPS) is 11.8. The fourth-order valence-corrected chi connectivity index (χ4v) is 5.25. The van der Waals surface area contributed by atoms with Crippen molar-refractivity contribution in [3.63, 3.8) is 0 Å². The minimum atomic E-state index is -0.287. The number of aromatic nitrogens is 2. The average molecular weight is 619 g/mol. The number of imidazole rings is 1. The Hall–Kier alpha value is -2.50. The first-order valence-corrected chi connectivity index (χ1v) is 13.7. The highest BCUT2D eigenvalue weighted by Crippen LogP contribution is 2.31. The van der Waals surface area contributed by atoms with Crippen molar-refractivity contribution in [1.82, 2.24) is 4.57 Å². The van der Waals surface area contributed by atoms with Gasteiger partial charge in [-0.05, 0) is 42.0 Å². The molecule has 3 nitrogen and oxygen atoms in total. The van der Waals surface area contributed by atoms with Gasteiger partial charge in [-0.2, -0.15) is 0 Å². The van der Waals surface area contributed by atoms with Crippen LogP contribution in [0, 0.1) is 0 Å². The molecular weight excluding hydrogens is 594 g/mol. The maximum atomic E-state index is 6.61. The van der Waals surface area contributed by atoms with Crippen LogP contribution in [0.5, 0.6) is 0 Å². The zero-order valence-electron chi connectivity index (χ0n) is 20.7. The second-order valence-electron chi connectivity index (χ2n) is 9.01. The van der Waals surface area contributed by atoms with E-state index in [9.17, 15) is 0 Å². The van der Waals surface area contributed by atoms with Gasteiger partial charge < -0.3 is 17.1 Å². The van der Waals surface area contributed by atoms with Crippen LogP contribution in [0.25, 0.3) is 0 Å². The molecule has 0 saturated heterocycles. The lowest BCUT2D eigenvalue weighted by molar-refractivity contribution is -0.705. The van der Waals surface area contributed by atoms with Crippen molar-refractivity contribution in [3.05, 3.63) is 158 Å². The Morgan fingerprint density at radius 1 is 0.718 bits per heavy atom. The number of rotatable bonds is 9. The summed E-state index contributed by atoms with van der Waals surface area (Å²) in [4.78, 5) is 0. The third-order valence-corrected chi connectivity index (χ3v) is 7.43. The minimum Gasteiger partial charge on any atom is -1.00 e. The van der Waals surface area contributed by atoms with Crippen molar-refractivity contribution < 1.29 is 21.7 Å². The quantitative estimate of drug-likeness (QED) is 0.186. The third-order valence-electron chi connectivity index (χ3n) is 6.36. The molecule has 1 atom stereocenters. The van der Waals surface area contributed by atoms with E-state index in [1.165, 1.54) is 0 Å². The number of nitrogens with zero attached hydrogens (tertiary/aromatic N) is 2. The van der Waals surface area contributed by atoms with E-state index in [4.69, 9.17) is 51.1 Å². The van der Waals surface area contributed by atoms with Gasteiger partial charge in [0.1, 0.15) is 25.0 Å². The molecule has 0 spiro atoms. The predicted molar refractivity (Wildman–Crippen MR) is 155 cm³/mol. The molecule has 0 radical (unpaired) electrons. The van der Waals surface area contributed by atoms with Crippen molar-refractivity contribution >= 4 is 46.4 Å². The summed E-state index contributed by atoms with van der Waals surface area (Å²) in [6.07, 6.45) is 5.90. The second-order valence-corrected chi connectivity index (χ2v) is 10.7. The van der Waals surface area contributed by atoms with E-state index in [0.717, 1.165) is 22.3 Å². The average Bonchev–Trinajstić information content (AvgIpc) is 3.37. The van der Waals surface area contributed by atoms with E-state index in [1.54, 1.807) is 6.07 Å². The summed E-state index contributed by atoms with van der Waals surface area (Å²) < 4.78 is 10.7. The van der Waals surface area contributed by atoms with Crippen molar-refractivity contribution in [1.29, 1.82) is 0 Å². The van der Waals surface area contributed by atoms with Crippen molar-refractivity contribution in [2.45, 2.75) is 25.3 Å². The highest BCUT2D eigenvalue weighted by atomic mass is 35.5. The van der Waals surface area contributed by atoms with Gasteiger partial charge in [0, 0.05) is 36.8 Å². The van der Waals surface area contributed by atoms with Gasteiger partial charge in [-0.25, -0.2) is 9.13 Å². The molecular formula is C31H25Cl5N2O. The molecule has 39 heavy (non-hydrogen) atoms. The predicted octanol–water partition coefficient (Wildman–Crippen LogP) is 5.99. The zero-order chi connectivity index (χ0) is 26.5. The molecule has 5 aromatic rings. The Morgan fingerprint density at radius 2 is 1.31 bits per heavy atom. The van der Waals surface area contributed by atoms with Crippen LogP contribution in [-0.2, 0) is 17.9 Å². The van der Waals surface area contributed by atoms with Gasteiger partial charge in [0.05, 0.1) is 6.61 Å². The van der Waals surface area contributed by atoms with Gasteiger partial charge in [-0.15, -0.1) is 0 Å². The summed E-state index contributed by atoms with van der Waals surface area (Å²) in [5, 5.41) is 2.57. The van der Waals surface area contributed by atoms with Gasteiger partial charge in [-0.1, -0.05) is 107 Å². The van der Waals surface area contributed by atoms with Crippen molar-refractivity contribution in [2.75, 3.05) is 0 Å². The lowest BCUT2D eigenvalue weighted by atomic mass is 9.98. The molecule has 0 bridgehead atoms. The number of hydrogen-bond donors (Lipinski definition) is 0. The van der Waals surface area contributed by atoms with Crippen molar-refractivity contribution in [3.8, 4) is 0 Å². The summed E-state index contributed by atoms with van der Waals surface area (Å²) in [5.74, 6) is 0. The minimum absolute atomic E-state index is 0. The topological polar surface area (TPSA) is 18.0 Å². The summed E-state index contributed by atoms with van der Waals surface area (Å²) in [6.45, 7) is 1.03. The van der Waals surface area contributed by atoms with Gasteiger partial charge in [0.2, 0.25) is 6.33 Å². The second kappa shape index (κ2) is 13.7. The Morgan fingerprint density at radius 3 is 1.90 bits per heavy atom. The van der Waals surface area contributed by atoms with E-state index in [1.807, 2.05) is 97.2 Å². The molecule has 0 aliphatic rings. The third kappa shape index (κ3) is 7.58.